The van der Waals surface area contributed by atoms with Crippen LogP contribution < -0.4 is 0 Å². The van der Waals surface area contributed by atoms with Crippen LogP contribution in [0.1, 0.15) is 46.3 Å². The number of hydrogen-bond donors (Lipinski definition) is 0. The fraction of sp³-hybridized carbons (Fsp3) is 0.562. The van der Waals surface area contributed by atoms with Gasteiger partial charge in [-0.3, -0.25) is 4.79 Å². The molecule has 1 aromatic rings. The lowest BCUT2D eigenvalue weighted by Gasteiger charge is -2.20. The SMILES string of the molecule is Cc1cc(C)c(C(=O)N(C)CCCCCCl)c(C)c1. The molecule has 106 valence electrons. The number of rotatable bonds is 6. The van der Waals surface area contributed by atoms with Gasteiger partial charge in [0.15, 0.2) is 0 Å². The van der Waals surface area contributed by atoms with E-state index in [0.29, 0.717) is 5.88 Å². The Morgan fingerprint density at radius 3 is 2.21 bits per heavy atom. The molecule has 19 heavy (non-hydrogen) atoms. The predicted molar refractivity (Wildman–Crippen MR) is 82.2 cm³/mol. The largest absolute Gasteiger partial charge is 0.342 e. The van der Waals surface area contributed by atoms with Gasteiger partial charge >= 0.3 is 0 Å². The van der Waals surface area contributed by atoms with Crippen molar-refractivity contribution in [1.29, 1.82) is 0 Å². The van der Waals surface area contributed by atoms with Gasteiger partial charge < -0.3 is 4.90 Å². The summed E-state index contributed by atoms with van der Waals surface area (Å²) in [4.78, 5) is 14.3. The van der Waals surface area contributed by atoms with Gasteiger partial charge in [-0.15, -0.1) is 11.6 Å². The Morgan fingerprint density at radius 2 is 1.68 bits per heavy atom. The van der Waals surface area contributed by atoms with E-state index in [2.05, 4.69) is 19.1 Å². The molecule has 1 rings (SSSR count). The minimum Gasteiger partial charge on any atom is -0.342 e. The summed E-state index contributed by atoms with van der Waals surface area (Å²) in [6.07, 6.45) is 3.11. The van der Waals surface area contributed by atoms with Gasteiger partial charge in [0.25, 0.3) is 5.91 Å². The first kappa shape index (κ1) is 16.0. The number of nitrogens with zero attached hydrogens (tertiary/aromatic N) is 1. The molecule has 0 saturated carbocycles. The van der Waals surface area contributed by atoms with Gasteiger partial charge in [-0.05, 0) is 44.7 Å². The van der Waals surface area contributed by atoms with Gasteiger partial charge in [0.1, 0.15) is 0 Å². The highest BCUT2D eigenvalue weighted by molar-refractivity contribution is 6.17. The Kier molecular flexibility index (Phi) is 6.36. The summed E-state index contributed by atoms with van der Waals surface area (Å²) >= 11 is 5.65. The average molecular weight is 282 g/mol. The van der Waals surface area contributed by atoms with Crippen LogP contribution in [-0.4, -0.2) is 30.3 Å². The van der Waals surface area contributed by atoms with E-state index in [-0.39, 0.29) is 5.91 Å². The normalized spacial score (nSPS) is 10.6. The molecule has 0 fully saturated rings. The van der Waals surface area contributed by atoms with E-state index in [4.69, 9.17) is 11.6 Å². The van der Waals surface area contributed by atoms with Crippen molar-refractivity contribution in [2.75, 3.05) is 19.5 Å². The number of aryl methyl sites for hydroxylation is 3. The molecule has 1 amide bonds. The number of alkyl halides is 1. The van der Waals surface area contributed by atoms with Gasteiger partial charge in [-0.1, -0.05) is 24.1 Å². The zero-order valence-corrected chi connectivity index (χ0v) is 13.2. The zero-order chi connectivity index (χ0) is 14.4. The Bertz CT molecular complexity index is 419. The van der Waals surface area contributed by atoms with Crippen LogP contribution in [0.5, 0.6) is 0 Å². The van der Waals surface area contributed by atoms with Crippen molar-refractivity contribution in [2.24, 2.45) is 0 Å². The number of halogens is 1. The minimum absolute atomic E-state index is 0.126. The first-order valence-electron chi connectivity index (χ1n) is 6.86. The number of amides is 1. The van der Waals surface area contributed by atoms with E-state index in [9.17, 15) is 4.79 Å². The lowest BCUT2D eigenvalue weighted by molar-refractivity contribution is 0.0791. The maximum Gasteiger partial charge on any atom is 0.254 e. The highest BCUT2D eigenvalue weighted by Gasteiger charge is 2.16. The Labute approximate surface area is 121 Å². The molecule has 0 aliphatic heterocycles. The van der Waals surface area contributed by atoms with E-state index in [1.165, 1.54) is 5.56 Å². The molecule has 0 heterocycles. The molecule has 0 aromatic heterocycles. The van der Waals surface area contributed by atoms with Gasteiger partial charge in [0.05, 0.1) is 0 Å². The van der Waals surface area contributed by atoms with E-state index >= 15 is 0 Å². The second kappa shape index (κ2) is 7.54. The first-order chi connectivity index (χ1) is 8.97. The summed E-state index contributed by atoms with van der Waals surface area (Å²) in [7, 11) is 1.88. The third-order valence-corrected chi connectivity index (χ3v) is 3.63. The molecule has 3 heteroatoms. The molecule has 0 aliphatic rings. The maximum absolute atomic E-state index is 12.5. The molecule has 0 atom stereocenters. The quantitative estimate of drug-likeness (QED) is 0.568. The fourth-order valence-corrected chi connectivity index (χ4v) is 2.62. The summed E-state index contributed by atoms with van der Waals surface area (Å²) in [5, 5.41) is 0. The summed E-state index contributed by atoms with van der Waals surface area (Å²) in [6.45, 7) is 6.87. The van der Waals surface area contributed by atoms with Crippen molar-refractivity contribution in [1.82, 2.24) is 4.90 Å². The summed E-state index contributed by atoms with van der Waals surface area (Å²) in [5.41, 5.74) is 4.19. The van der Waals surface area contributed by atoms with E-state index in [1.54, 1.807) is 0 Å². The van der Waals surface area contributed by atoms with Gasteiger partial charge in [-0.25, -0.2) is 0 Å². The predicted octanol–water partition coefficient (Wildman–Crippen LogP) is 4.09. The van der Waals surface area contributed by atoms with Crippen molar-refractivity contribution >= 4 is 17.5 Å². The number of hydrogen-bond acceptors (Lipinski definition) is 1. The summed E-state index contributed by atoms with van der Waals surface area (Å²) in [5.74, 6) is 0.828. The molecule has 1 aromatic carbocycles. The standard InChI is InChI=1S/C16H24ClNO/c1-12-10-13(2)15(14(3)11-12)16(19)18(4)9-7-5-6-8-17/h10-11H,5-9H2,1-4H3. The van der Waals surface area contributed by atoms with Crippen molar-refractivity contribution in [3.8, 4) is 0 Å². The summed E-state index contributed by atoms with van der Waals surface area (Å²) in [6, 6.07) is 4.14. The Morgan fingerprint density at radius 1 is 1.11 bits per heavy atom. The molecule has 0 spiro atoms. The number of carbonyl (C=O) groups is 1. The van der Waals surface area contributed by atoms with Gasteiger partial charge in [-0.2, -0.15) is 0 Å². The van der Waals surface area contributed by atoms with Crippen LogP contribution in [0.3, 0.4) is 0 Å². The van der Waals surface area contributed by atoms with Crippen LogP contribution in [0.25, 0.3) is 0 Å². The van der Waals surface area contributed by atoms with Crippen molar-refractivity contribution in [3.63, 3.8) is 0 Å². The van der Waals surface area contributed by atoms with Gasteiger partial charge in [0.2, 0.25) is 0 Å². The Balaban J connectivity index is 2.72. The van der Waals surface area contributed by atoms with Crippen LogP contribution in [0, 0.1) is 20.8 Å². The first-order valence-corrected chi connectivity index (χ1v) is 7.40. The molecular formula is C16H24ClNO. The van der Waals surface area contributed by atoms with Crippen molar-refractivity contribution in [2.45, 2.75) is 40.0 Å². The molecule has 0 radical (unpaired) electrons. The topological polar surface area (TPSA) is 20.3 Å². The third kappa shape index (κ3) is 4.54. The molecule has 0 bridgehead atoms. The number of unbranched alkanes of at least 4 members (excludes halogenated alkanes) is 2. The second-order valence-corrected chi connectivity index (χ2v) is 5.63. The fourth-order valence-electron chi connectivity index (χ4n) is 2.43. The van der Waals surface area contributed by atoms with E-state index in [0.717, 1.165) is 42.5 Å². The maximum atomic E-state index is 12.5. The third-order valence-electron chi connectivity index (χ3n) is 3.36. The van der Waals surface area contributed by atoms with Crippen LogP contribution in [0.4, 0.5) is 0 Å². The van der Waals surface area contributed by atoms with Crippen LogP contribution >= 0.6 is 11.6 Å². The van der Waals surface area contributed by atoms with Crippen LogP contribution in [-0.2, 0) is 0 Å². The zero-order valence-electron chi connectivity index (χ0n) is 12.4. The smallest absolute Gasteiger partial charge is 0.254 e. The Hall–Kier alpha value is -1.02. The highest BCUT2D eigenvalue weighted by atomic mass is 35.5. The molecule has 0 unspecified atom stereocenters. The summed E-state index contributed by atoms with van der Waals surface area (Å²) < 4.78 is 0. The molecule has 0 aliphatic carbocycles. The highest BCUT2D eigenvalue weighted by Crippen LogP contribution is 2.18. The lowest BCUT2D eigenvalue weighted by Crippen LogP contribution is -2.29. The van der Waals surface area contributed by atoms with Gasteiger partial charge in [0, 0.05) is 25.0 Å². The lowest BCUT2D eigenvalue weighted by atomic mass is 9.99. The van der Waals surface area contributed by atoms with E-state index < -0.39 is 0 Å². The minimum atomic E-state index is 0.126. The monoisotopic (exact) mass is 281 g/mol. The number of carbonyl (C=O) groups excluding carboxylic acids is 1. The second-order valence-electron chi connectivity index (χ2n) is 5.25. The van der Waals surface area contributed by atoms with Crippen molar-refractivity contribution < 1.29 is 4.79 Å². The molecule has 0 N–H and O–H groups in total. The van der Waals surface area contributed by atoms with Crippen molar-refractivity contribution in [3.05, 3.63) is 34.4 Å². The molecule has 0 saturated heterocycles. The van der Waals surface area contributed by atoms with Crippen LogP contribution in [0.2, 0.25) is 0 Å². The van der Waals surface area contributed by atoms with E-state index in [1.807, 2.05) is 25.8 Å². The molecule has 2 nitrogen and oxygen atoms in total. The number of benzene rings is 1. The van der Waals surface area contributed by atoms with Crippen LogP contribution in [0.15, 0.2) is 12.1 Å². The average Bonchev–Trinajstić information content (AvgIpc) is 2.33. The molecular weight excluding hydrogens is 258 g/mol.